The van der Waals surface area contributed by atoms with Gasteiger partial charge in [-0.2, -0.15) is 8.42 Å². The molecule has 0 bridgehead atoms. The van der Waals surface area contributed by atoms with Gasteiger partial charge < -0.3 is 24.5 Å². The van der Waals surface area contributed by atoms with Crippen molar-refractivity contribution in [1.29, 1.82) is 0 Å². The molecule has 1 unspecified atom stereocenters. The van der Waals surface area contributed by atoms with Gasteiger partial charge >= 0.3 is 69.2 Å². The van der Waals surface area contributed by atoms with Gasteiger partial charge in [0.25, 0.3) is 0 Å². The van der Waals surface area contributed by atoms with Crippen LogP contribution >= 0.6 is 0 Å². The van der Waals surface area contributed by atoms with Crippen LogP contribution in [-0.4, -0.2) is 36.4 Å². The monoisotopic (exact) mass is 286 g/mol. The molecule has 0 aromatic heterocycles. The maximum atomic E-state index is 10.7. The molecule has 0 aromatic rings. The zero-order chi connectivity index (χ0) is 12.3. The molecule has 0 aliphatic rings. The molecule has 0 amide bonds. The first-order chi connectivity index (χ1) is 6.67. The Hall–Kier alpha value is 0.810. The second kappa shape index (κ2) is 8.83. The molecule has 0 aromatic carbocycles. The average Bonchev–Trinajstić information content (AvgIpc) is 1.99. The number of carbonyl (C=O) groups excluding carboxylic acids is 2. The second-order valence-corrected chi connectivity index (χ2v) is 4.11. The van der Waals surface area contributed by atoms with Crippen molar-refractivity contribution in [3.05, 3.63) is 0 Å². The molecule has 17 heavy (non-hydrogen) atoms. The summed E-state index contributed by atoms with van der Waals surface area (Å²) in [6.07, 6.45) is -1.55. The Balaban J connectivity index is -0.000000980. The predicted molar refractivity (Wildman–Crippen MR) is 40.5 cm³/mol. The van der Waals surface area contributed by atoms with Gasteiger partial charge in [0.05, 0.1) is 5.97 Å². The summed E-state index contributed by atoms with van der Waals surface area (Å²) in [6.45, 7) is 0.777. The molecular weight excluding hydrogens is 278 g/mol. The minimum atomic E-state index is -5.29. The summed E-state index contributed by atoms with van der Waals surface area (Å²) in [5.74, 6) is -4.37. The number of hydrogen-bond acceptors (Lipinski definition) is 7. The van der Waals surface area contributed by atoms with E-state index in [-0.39, 0.29) is 59.1 Å². The summed E-state index contributed by atoms with van der Waals surface area (Å²) in [6, 6.07) is 0. The van der Waals surface area contributed by atoms with Gasteiger partial charge in [0.2, 0.25) is 4.93 Å². The summed E-state index contributed by atoms with van der Waals surface area (Å²) in [5, 5.41) is 20.7. The number of carboxylic acids is 2. The molecule has 0 rings (SSSR count). The molecule has 0 spiro atoms. The number of carbonyl (C=O) groups is 2. The van der Waals surface area contributed by atoms with Crippen LogP contribution < -0.4 is 69.3 Å². The van der Waals surface area contributed by atoms with Crippen molar-refractivity contribution < 1.29 is 96.6 Å². The zero-order valence-electron chi connectivity index (χ0n) is 9.63. The number of rotatable bonds is 6. The smallest absolute Gasteiger partial charge is 0.550 e. The third-order valence-electron chi connectivity index (χ3n) is 1.48. The first-order valence-electron chi connectivity index (χ1n) is 3.69. The van der Waals surface area contributed by atoms with E-state index in [0.717, 1.165) is 0 Å². The molecule has 88 valence electrons. The summed E-state index contributed by atoms with van der Waals surface area (Å²) < 4.78 is 34.3. The van der Waals surface area contributed by atoms with E-state index in [1.54, 1.807) is 0 Å². The fourth-order valence-corrected chi connectivity index (χ4v) is 1.65. The molecule has 0 aliphatic carbocycles. The van der Waals surface area contributed by atoms with Crippen molar-refractivity contribution in [2.24, 2.45) is 0 Å². The Morgan fingerprint density at radius 1 is 1.29 bits per heavy atom. The molecule has 11 heteroatoms. The van der Waals surface area contributed by atoms with Crippen LogP contribution in [0.15, 0.2) is 0 Å². The average molecular weight is 286 g/mol. The van der Waals surface area contributed by atoms with Gasteiger partial charge in [-0.25, -0.2) is 0 Å². The van der Waals surface area contributed by atoms with E-state index in [4.69, 9.17) is 4.55 Å². The maximum Gasteiger partial charge on any atom is 1.00 e. The Kier molecular flexibility index (Phi) is 11.9. The summed E-state index contributed by atoms with van der Waals surface area (Å²) in [7, 11) is -5.29. The molecular formula is C6H8Na2O8S. The van der Waals surface area contributed by atoms with Gasteiger partial charge in [-0.3, -0.25) is 4.55 Å². The SMILES string of the molecule is CCOC(CC(=O)[O-])(C(=O)[O-])S(=O)(=O)O.[Na+].[Na+]. The van der Waals surface area contributed by atoms with Gasteiger partial charge in [-0.1, -0.05) is 0 Å². The zero-order valence-corrected chi connectivity index (χ0v) is 14.4. The molecule has 8 nitrogen and oxygen atoms in total. The first kappa shape index (κ1) is 22.9. The van der Waals surface area contributed by atoms with E-state index in [1.165, 1.54) is 6.92 Å². The minimum Gasteiger partial charge on any atom is -0.550 e. The molecule has 0 radical (unpaired) electrons. The second-order valence-electron chi connectivity index (χ2n) is 2.50. The molecule has 1 atom stereocenters. The third kappa shape index (κ3) is 5.99. The largest absolute Gasteiger partial charge is 1.00 e. The summed E-state index contributed by atoms with van der Waals surface area (Å²) >= 11 is 0. The first-order valence-corrected chi connectivity index (χ1v) is 5.13. The predicted octanol–water partition coefficient (Wildman–Crippen LogP) is -9.50. The topological polar surface area (TPSA) is 144 Å². The van der Waals surface area contributed by atoms with Crippen LogP contribution in [0.4, 0.5) is 0 Å². The van der Waals surface area contributed by atoms with Crippen LogP contribution in [0.25, 0.3) is 0 Å². The molecule has 0 heterocycles. The maximum absolute atomic E-state index is 10.7. The van der Waals surface area contributed by atoms with E-state index in [0.29, 0.717) is 0 Å². The fraction of sp³-hybridized carbons (Fsp3) is 0.667. The number of hydrogen-bond donors (Lipinski definition) is 1. The van der Waals surface area contributed by atoms with Gasteiger partial charge in [-0.15, -0.1) is 0 Å². The number of ether oxygens (including phenoxy) is 1. The van der Waals surface area contributed by atoms with Crippen LogP contribution in [0.2, 0.25) is 0 Å². The number of aliphatic carboxylic acids is 2. The van der Waals surface area contributed by atoms with E-state index in [2.05, 4.69) is 4.74 Å². The summed E-state index contributed by atoms with van der Waals surface area (Å²) in [5.41, 5.74) is 0. The van der Waals surface area contributed by atoms with Crippen molar-refractivity contribution in [3.8, 4) is 0 Å². The molecule has 1 N–H and O–H groups in total. The Morgan fingerprint density at radius 2 is 1.71 bits per heavy atom. The van der Waals surface area contributed by atoms with Crippen LogP contribution in [0, 0.1) is 0 Å². The van der Waals surface area contributed by atoms with Crippen molar-refractivity contribution in [2.45, 2.75) is 18.3 Å². The van der Waals surface area contributed by atoms with E-state index >= 15 is 0 Å². The van der Waals surface area contributed by atoms with E-state index in [9.17, 15) is 28.2 Å². The van der Waals surface area contributed by atoms with Gasteiger partial charge in [-0.05, 0) is 6.92 Å². The standard InChI is InChI=1S/C6H10O8S.2Na/c1-2-14-6(5(9)10,3-4(7)8)15(11,12)13;;/h2-3H2,1H3,(H,7,8)(H,9,10)(H,11,12,13);;/q;2*+1/p-2. The number of carboxylic acid groups (broad SMARTS) is 2. The van der Waals surface area contributed by atoms with Crippen molar-refractivity contribution in [2.75, 3.05) is 6.61 Å². The fourth-order valence-electron chi connectivity index (χ4n) is 0.876. The molecule has 0 saturated heterocycles. The Morgan fingerprint density at radius 3 is 1.88 bits per heavy atom. The van der Waals surface area contributed by atoms with Crippen molar-refractivity contribution >= 4 is 22.1 Å². The van der Waals surface area contributed by atoms with Crippen LogP contribution in [-0.2, 0) is 24.4 Å². The molecule has 0 aliphatic heterocycles. The van der Waals surface area contributed by atoms with Crippen molar-refractivity contribution in [1.82, 2.24) is 0 Å². The minimum absolute atomic E-state index is 0. The third-order valence-corrected chi connectivity index (χ3v) is 2.74. The Bertz CT molecular complexity index is 366. The quantitative estimate of drug-likeness (QED) is 0.374. The normalized spacial score (nSPS) is 13.8. The molecule has 0 fully saturated rings. The van der Waals surface area contributed by atoms with Gasteiger partial charge in [0.1, 0.15) is 0 Å². The summed E-state index contributed by atoms with van der Waals surface area (Å²) in [4.78, 5) is 17.4. The van der Waals surface area contributed by atoms with Gasteiger partial charge in [0.15, 0.2) is 0 Å². The van der Waals surface area contributed by atoms with Gasteiger partial charge in [0, 0.05) is 19.0 Å². The van der Waals surface area contributed by atoms with E-state index in [1.807, 2.05) is 0 Å². The van der Waals surface area contributed by atoms with Crippen LogP contribution in [0.5, 0.6) is 0 Å². The van der Waals surface area contributed by atoms with E-state index < -0.39 is 40.0 Å². The Labute approximate surface area is 142 Å². The van der Waals surface area contributed by atoms with Crippen LogP contribution in [0.1, 0.15) is 13.3 Å². The molecule has 0 saturated carbocycles. The van der Waals surface area contributed by atoms with Crippen molar-refractivity contribution in [3.63, 3.8) is 0 Å². The van der Waals surface area contributed by atoms with Crippen LogP contribution in [0.3, 0.4) is 0 Å².